The molecule has 0 spiro atoms. The number of anilines is 1. The number of carbonyl (C=O) groups is 2. The molecule has 0 radical (unpaired) electrons. The Labute approximate surface area is 99.9 Å². The van der Waals surface area contributed by atoms with Crippen LogP contribution in [0.2, 0.25) is 0 Å². The molecule has 0 bridgehead atoms. The van der Waals surface area contributed by atoms with Crippen LogP contribution in [0.15, 0.2) is 24.3 Å². The average Bonchev–Trinajstić information content (AvgIpc) is 2.73. The SMILES string of the molecule is O=CCCC(C(=O)O)N1CCc2ccccc21. The maximum Gasteiger partial charge on any atom is 0.326 e. The quantitative estimate of drug-likeness (QED) is 0.783. The molecule has 4 heteroatoms. The highest BCUT2D eigenvalue weighted by molar-refractivity contribution is 5.80. The first-order valence-corrected chi connectivity index (χ1v) is 5.75. The molecule has 0 aliphatic carbocycles. The molecule has 1 aliphatic rings. The summed E-state index contributed by atoms with van der Waals surface area (Å²) in [4.78, 5) is 23.5. The van der Waals surface area contributed by atoms with Gasteiger partial charge in [0.2, 0.25) is 0 Å². The lowest BCUT2D eigenvalue weighted by Gasteiger charge is -2.26. The lowest BCUT2D eigenvalue weighted by atomic mass is 10.1. The van der Waals surface area contributed by atoms with Crippen molar-refractivity contribution >= 4 is 17.9 Å². The van der Waals surface area contributed by atoms with Crippen LogP contribution in [0.5, 0.6) is 0 Å². The standard InChI is InChI=1S/C13H15NO3/c15-9-3-6-12(13(16)17)14-8-7-10-4-1-2-5-11(10)14/h1-2,4-5,9,12H,3,6-8H2,(H,16,17). The second-order valence-electron chi connectivity index (χ2n) is 4.17. The van der Waals surface area contributed by atoms with Gasteiger partial charge >= 0.3 is 5.97 Å². The van der Waals surface area contributed by atoms with E-state index in [9.17, 15) is 14.7 Å². The number of aliphatic carboxylic acids is 1. The molecule has 4 nitrogen and oxygen atoms in total. The molecule has 0 amide bonds. The molecule has 1 aromatic carbocycles. The second kappa shape index (κ2) is 4.99. The maximum atomic E-state index is 11.2. The van der Waals surface area contributed by atoms with Crippen molar-refractivity contribution in [2.24, 2.45) is 0 Å². The second-order valence-corrected chi connectivity index (χ2v) is 4.17. The van der Waals surface area contributed by atoms with Crippen LogP contribution in [0.3, 0.4) is 0 Å². The summed E-state index contributed by atoms with van der Waals surface area (Å²) in [6.07, 6.45) is 2.31. The number of rotatable bonds is 5. The molecule has 1 atom stereocenters. The Hall–Kier alpha value is -1.84. The van der Waals surface area contributed by atoms with Gasteiger partial charge in [0.15, 0.2) is 0 Å². The molecular weight excluding hydrogens is 218 g/mol. The lowest BCUT2D eigenvalue weighted by molar-refractivity contribution is -0.138. The molecule has 1 N–H and O–H groups in total. The number of hydrogen-bond donors (Lipinski definition) is 1. The van der Waals surface area contributed by atoms with Gasteiger partial charge < -0.3 is 14.8 Å². The van der Waals surface area contributed by atoms with Gasteiger partial charge in [0.25, 0.3) is 0 Å². The van der Waals surface area contributed by atoms with Gasteiger partial charge in [-0.25, -0.2) is 4.79 Å². The highest BCUT2D eigenvalue weighted by Gasteiger charge is 2.30. The predicted molar refractivity (Wildman–Crippen MR) is 64.2 cm³/mol. The molecule has 0 saturated carbocycles. The van der Waals surface area contributed by atoms with Gasteiger partial charge in [-0.1, -0.05) is 18.2 Å². The average molecular weight is 233 g/mol. The Morgan fingerprint density at radius 3 is 2.94 bits per heavy atom. The van der Waals surface area contributed by atoms with Crippen molar-refractivity contribution in [1.29, 1.82) is 0 Å². The highest BCUT2D eigenvalue weighted by Crippen LogP contribution is 2.30. The largest absolute Gasteiger partial charge is 0.480 e. The van der Waals surface area contributed by atoms with Crippen molar-refractivity contribution in [2.75, 3.05) is 11.4 Å². The fourth-order valence-corrected chi connectivity index (χ4v) is 2.33. The van der Waals surface area contributed by atoms with E-state index in [-0.39, 0.29) is 6.42 Å². The number of carboxylic acids is 1. The number of carboxylic acid groups (broad SMARTS) is 1. The Morgan fingerprint density at radius 2 is 2.24 bits per heavy atom. The summed E-state index contributed by atoms with van der Waals surface area (Å²) in [7, 11) is 0. The van der Waals surface area contributed by atoms with E-state index in [2.05, 4.69) is 0 Å². The van der Waals surface area contributed by atoms with Gasteiger partial charge in [0, 0.05) is 18.7 Å². The first-order chi connectivity index (χ1) is 8.24. The number of hydrogen-bond acceptors (Lipinski definition) is 3. The van der Waals surface area contributed by atoms with Crippen LogP contribution in [0.4, 0.5) is 5.69 Å². The zero-order valence-corrected chi connectivity index (χ0v) is 9.50. The van der Waals surface area contributed by atoms with Crippen LogP contribution >= 0.6 is 0 Å². The number of fused-ring (bicyclic) bond motifs is 1. The Balaban J connectivity index is 2.21. The zero-order chi connectivity index (χ0) is 12.3. The van der Waals surface area contributed by atoms with Crippen molar-refractivity contribution in [1.82, 2.24) is 0 Å². The van der Waals surface area contributed by atoms with Crippen LogP contribution in [0.1, 0.15) is 18.4 Å². The van der Waals surface area contributed by atoms with Crippen LogP contribution in [0.25, 0.3) is 0 Å². The third-order valence-corrected chi connectivity index (χ3v) is 3.14. The maximum absolute atomic E-state index is 11.2. The van der Waals surface area contributed by atoms with Crippen LogP contribution in [-0.4, -0.2) is 29.9 Å². The molecule has 1 aliphatic heterocycles. The molecule has 90 valence electrons. The number of carbonyl (C=O) groups excluding carboxylic acids is 1. The third kappa shape index (κ3) is 2.30. The lowest BCUT2D eigenvalue weighted by Crippen LogP contribution is -2.40. The summed E-state index contributed by atoms with van der Waals surface area (Å²) < 4.78 is 0. The summed E-state index contributed by atoms with van der Waals surface area (Å²) in [5.41, 5.74) is 2.18. The monoisotopic (exact) mass is 233 g/mol. The van der Waals surface area contributed by atoms with E-state index >= 15 is 0 Å². The first kappa shape index (κ1) is 11.6. The van der Waals surface area contributed by atoms with E-state index in [0.29, 0.717) is 6.42 Å². The zero-order valence-electron chi connectivity index (χ0n) is 9.50. The molecule has 1 heterocycles. The Bertz CT molecular complexity index is 430. The van der Waals surface area contributed by atoms with Crippen molar-refractivity contribution in [2.45, 2.75) is 25.3 Å². The van der Waals surface area contributed by atoms with Gasteiger partial charge in [-0.3, -0.25) is 0 Å². The minimum absolute atomic E-state index is 0.287. The summed E-state index contributed by atoms with van der Waals surface area (Å²) in [6, 6.07) is 7.25. The van der Waals surface area contributed by atoms with Crippen molar-refractivity contribution in [3.05, 3.63) is 29.8 Å². The molecule has 1 unspecified atom stereocenters. The minimum atomic E-state index is -0.858. The van der Waals surface area contributed by atoms with E-state index in [0.717, 1.165) is 24.9 Å². The molecule has 0 saturated heterocycles. The fourth-order valence-electron chi connectivity index (χ4n) is 2.33. The fraction of sp³-hybridized carbons (Fsp3) is 0.385. The molecule has 2 rings (SSSR count). The first-order valence-electron chi connectivity index (χ1n) is 5.75. The smallest absolute Gasteiger partial charge is 0.326 e. The number of para-hydroxylation sites is 1. The number of aldehydes is 1. The van der Waals surface area contributed by atoms with Gasteiger partial charge in [0.05, 0.1) is 0 Å². The Kier molecular flexibility index (Phi) is 3.42. The van der Waals surface area contributed by atoms with Gasteiger partial charge in [-0.15, -0.1) is 0 Å². The molecule has 1 aromatic rings. The van der Waals surface area contributed by atoms with Crippen molar-refractivity contribution < 1.29 is 14.7 Å². The van der Waals surface area contributed by atoms with Gasteiger partial charge in [0.1, 0.15) is 12.3 Å². The van der Waals surface area contributed by atoms with Crippen LogP contribution in [0, 0.1) is 0 Å². The van der Waals surface area contributed by atoms with E-state index in [1.54, 1.807) is 0 Å². The summed E-state index contributed by atoms with van der Waals surface area (Å²) in [6.45, 7) is 0.717. The van der Waals surface area contributed by atoms with E-state index in [1.165, 1.54) is 5.56 Å². The van der Waals surface area contributed by atoms with Crippen molar-refractivity contribution in [3.63, 3.8) is 0 Å². The number of benzene rings is 1. The van der Waals surface area contributed by atoms with Crippen LogP contribution < -0.4 is 4.90 Å². The summed E-state index contributed by atoms with van der Waals surface area (Å²) in [5.74, 6) is -0.858. The minimum Gasteiger partial charge on any atom is -0.480 e. The summed E-state index contributed by atoms with van der Waals surface area (Å²) in [5, 5.41) is 9.23. The van der Waals surface area contributed by atoms with E-state index in [4.69, 9.17) is 0 Å². The molecule has 17 heavy (non-hydrogen) atoms. The summed E-state index contributed by atoms with van der Waals surface area (Å²) >= 11 is 0. The molecular formula is C13H15NO3. The van der Waals surface area contributed by atoms with Crippen LogP contribution in [-0.2, 0) is 16.0 Å². The van der Waals surface area contributed by atoms with Gasteiger partial charge in [-0.05, 0) is 24.5 Å². The third-order valence-electron chi connectivity index (χ3n) is 3.14. The van der Waals surface area contributed by atoms with E-state index < -0.39 is 12.0 Å². The number of nitrogens with zero attached hydrogens (tertiary/aromatic N) is 1. The highest BCUT2D eigenvalue weighted by atomic mass is 16.4. The predicted octanol–water partition coefficient (Wildman–Crippen LogP) is 1.48. The van der Waals surface area contributed by atoms with Gasteiger partial charge in [-0.2, -0.15) is 0 Å². The Morgan fingerprint density at radius 1 is 1.47 bits per heavy atom. The molecule has 0 fully saturated rings. The topological polar surface area (TPSA) is 57.6 Å². The van der Waals surface area contributed by atoms with Crippen molar-refractivity contribution in [3.8, 4) is 0 Å². The van der Waals surface area contributed by atoms with E-state index in [1.807, 2.05) is 29.2 Å². The molecule has 0 aromatic heterocycles. The normalized spacial score (nSPS) is 15.4.